The van der Waals surface area contributed by atoms with Crippen LogP contribution in [-0.4, -0.2) is 10.9 Å². The van der Waals surface area contributed by atoms with Crippen LogP contribution in [0.2, 0.25) is 0 Å². The van der Waals surface area contributed by atoms with Gasteiger partial charge in [-0.3, -0.25) is 4.79 Å². The van der Waals surface area contributed by atoms with Crippen LogP contribution < -0.4 is 4.90 Å². The van der Waals surface area contributed by atoms with Crippen molar-refractivity contribution in [1.82, 2.24) is 4.98 Å². The Balaban J connectivity index is 1.74. The molecule has 0 bridgehead atoms. The van der Waals surface area contributed by atoms with Crippen LogP contribution in [0, 0.1) is 6.92 Å². The number of rotatable bonds is 6. The molecule has 0 radical (unpaired) electrons. The zero-order valence-corrected chi connectivity index (χ0v) is 13.7. The van der Waals surface area contributed by atoms with E-state index < -0.39 is 0 Å². The zero-order valence-electron chi connectivity index (χ0n) is 13.7. The highest BCUT2D eigenvalue weighted by molar-refractivity contribution is 5.93. The minimum Gasteiger partial charge on any atom is -0.449 e. The van der Waals surface area contributed by atoms with Gasteiger partial charge < -0.3 is 9.32 Å². The topological polar surface area (TPSA) is 46.3 Å². The minimum absolute atomic E-state index is 0.0747. The number of aryl methyl sites for hydroxylation is 2. The number of benzene rings is 2. The fourth-order valence-corrected chi connectivity index (χ4v) is 2.59. The van der Waals surface area contributed by atoms with Crippen LogP contribution in [0.3, 0.4) is 0 Å². The third kappa shape index (κ3) is 4.10. The van der Waals surface area contributed by atoms with Gasteiger partial charge in [0, 0.05) is 25.5 Å². The molecule has 0 aliphatic carbocycles. The minimum atomic E-state index is 0.0747. The summed E-state index contributed by atoms with van der Waals surface area (Å²) < 4.78 is 5.20. The van der Waals surface area contributed by atoms with E-state index in [-0.39, 0.29) is 5.91 Å². The van der Waals surface area contributed by atoms with Gasteiger partial charge in [0.15, 0.2) is 5.89 Å². The molecule has 2 aromatic carbocycles. The van der Waals surface area contributed by atoms with E-state index in [0.29, 0.717) is 25.3 Å². The van der Waals surface area contributed by atoms with E-state index in [1.807, 2.05) is 65.6 Å². The van der Waals surface area contributed by atoms with Crippen molar-refractivity contribution in [2.45, 2.75) is 26.3 Å². The van der Waals surface area contributed by atoms with Crippen LogP contribution in [0.25, 0.3) is 0 Å². The first-order chi connectivity index (χ1) is 11.7. The Bertz CT molecular complexity index is 782. The number of hydrogen-bond donors (Lipinski definition) is 0. The number of hydrogen-bond acceptors (Lipinski definition) is 3. The molecule has 1 amide bonds. The molecule has 0 saturated carbocycles. The second-order valence-corrected chi connectivity index (χ2v) is 5.66. The van der Waals surface area contributed by atoms with Gasteiger partial charge >= 0.3 is 0 Å². The van der Waals surface area contributed by atoms with Gasteiger partial charge in [0.05, 0.1) is 12.2 Å². The van der Waals surface area contributed by atoms with Crippen LogP contribution in [0.15, 0.2) is 71.3 Å². The van der Waals surface area contributed by atoms with Crippen molar-refractivity contribution in [2.24, 2.45) is 0 Å². The molecule has 4 heteroatoms. The molecule has 1 heterocycles. The molecule has 0 spiro atoms. The smallest absolute Gasteiger partial charge is 0.227 e. The Labute approximate surface area is 141 Å². The van der Waals surface area contributed by atoms with Crippen LogP contribution >= 0.6 is 0 Å². The van der Waals surface area contributed by atoms with Crippen molar-refractivity contribution < 1.29 is 9.21 Å². The first kappa shape index (κ1) is 16.0. The molecule has 0 unspecified atom stereocenters. The first-order valence-electron chi connectivity index (χ1n) is 8.03. The lowest BCUT2D eigenvalue weighted by Crippen LogP contribution is -2.30. The Kier molecular flexibility index (Phi) is 5.06. The van der Waals surface area contributed by atoms with Gasteiger partial charge in [-0.25, -0.2) is 4.98 Å². The number of carbonyl (C=O) groups is 1. The number of amides is 1. The molecule has 0 atom stereocenters. The molecule has 4 nitrogen and oxygen atoms in total. The van der Waals surface area contributed by atoms with Crippen LogP contribution in [0.4, 0.5) is 5.69 Å². The number of para-hydroxylation sites is 1. The van der Waals surface area contributed by atoms with Crippen molar-refractivity contribution >= 4 is 11.6 Å². The van der Waals surface area contributed by atoms with Gasteiger partial charge in [0.1, 0.15) is 6.26 Å². The number of nitrogens with zero attached hydrogens (tertiary/aromatic N) is 2. The van der Waals surface area contributed by atoms with Crippen molar-refractivity contribution in [3.05, 3.63) is 84.1 Å². The first-order valence-corrected chi connectivity index (χ1v) is 8.03. The zero-order chi connectivity index (χ0) is 16.8. The maximum atomic E-state index is 12.8. The van der Waals surface area contributed by atoms with Gasteiger partial charge in [-0.15, -0.1) is 0 Å². The largest absolute Gasteiger partial charge is 0.449 e. The number of anilines is 1. The Morgan fingerprint density at radius 3 is 2.33 bits per heavy atom. The Morgan fingerprint density at radius 2 is 1.71 bits per heavy atom. The van der Waals surface area contributed by atoms with E-state index in [2.05, 4.69) is 4.98 Å². The fourth-order valence-electron chi connectivity index (χ4n) is 2.59. The molecule has 1 aromatic heterocycles. The van der Waals surface area contributed by atoms with Crippen molar-refractivity contribution in [2.75, 3.05) is 4.90 Å². The molecule has 0 N–H and O–H groups in total. The lowest BCUT2D eigenvalue weighted by atomic mass is 10.1. The van der Waals surface area contributed by atoms with E-state index in [1.54, 1.807) is 13.2 Å². The van der Waals surface area contributed by atoms with E-state index in [9.17, 15) is 4.79 Å². The van der Waals surface area contributed by atoms with Crippen LogP contribution in [-0.2, 0) is 17.8 Å². The molecule has 0 saturated heterocycles. The average Bonchev–Trinajstić information content (AvgIpc) is 3.04. The Hall–Kier alpha value is -2.88. The SMILES string of the molecule is Cc1nc(CCC(=O)N(Cc2ccccc2)c2ccccc2)co1. The highest BCUT2D eigenvalue weighted by Gasteiger charge is 2.16. The molecular weight excluding hydrogens is 300 g/mol. The van der Waals surface area contributed by atoms with Gasteiger partial charge in [-0.1, -0.05) is 48.5 Å². The summed E-state index contributed by atoms with van der Waals surface area (Å²) in [5.74, 6) is 0.701. The highest BCUT2D eigenvalue weighted by atomic mass is 16.3. The summed E-state index contributed by atoms with van der Waals surface area (Å²) in [5, 5.41) is 0. The summed E-state index contributed by atoms with van der Waals surface area (Å²) in [6.45, 7) is 2.36. The molecule has 3 rings (SSSR count). The molecular formula is C20H20N2O2. The second-order valence-electron chi connectivity index (χ2n) is 5.66. The predicted molar refractivity (Wildman–Crippen MR) is 93.6 cm³/mol. The standard InChI is InChI=1S/C20H20N2O2/c1-16-21-18(15-24-16)12-13-20(23)22(19-10-6-3-7-11-19)14-17-8-4-2-5-9-17/h2-11,15H,12-14H2,1H3. The maximum Gasteiger partial charge on any atom is 0.227 e. The van der Waals surface area contributed by atoms with Gasteiger partial charge in [0.2, 0.25) is 5.91 Å². The second kappa shape index (κ2) is 7.59. The third-order valence-corrected chi connectivity index (χ3v) is 3.81. The number of carbonyl (C=O) groups excluding carboxylic acids is 1. The third-order valence-electron chi connectivity index (χ3n) is 3.81. The van der Waals surface area contributed by atoms with E-state index in [4.69, 9.17) is 4.42 Å². The Morgan fingerprint density at radius 1 is 1.04 bits per heavy atom. The molecule has 122 valence electrons. The normalized spacial score (nSPS) is 10.5. The molecule has 0 aliphatic heterocycles. The lowest BCUT2D eigenvalue weighted by molar-refractivity contribution is -0.118. The van der Waals surface area contributed by atoms with Crippen LogP contribution in [0.1, 0.15) is 23.6 Å². The summed E-state index contributed by atoms with van der Waals surface area (Å²) in [7, 11) is 0. The van der Waals surface area contributed by atoms with Crippen LogP contribution in [0.5, 0.6) is 0 Å². The summed E-state index contributed by atoms with van der Waals surface area (Å²) >= 11 is 0. The fraction of sp³-hybridized carbons (Fsp3) is 0.200. The average molecular weight is 320 g/mol. The maximum absolute atomic E-state index is 12.8. The summed E-state index contributed by atoms with van der Waals surface area (Å²) in [5.41, 5.74) is 2.82. The van der Waals surface area contributed by atoms with Crippen molar-refractivity contribution in [1.29, 1.82) is 0 Å². The van der Waals surface area contributed by atoms with Gasteiger partial charge in [0.25, 0.3) is 0 Å². The van der Waals surface area contributed by atoms with E-state index >= 15 is 0 Å². The summed E-state index contributed by atoms with van der Waals surface area (Å²) in [4.78, 5) is 18.9. The predicted octanol–water partition coefficient (Wildman–Crippen LogP) is 4.15. The quantitative estimate of drug-likeness (QED) is 0.685. The van der Waals surface area contributed by atoms with Crippen molar-refractivity contribution in [3.8, 4) is 0 Å². The molecule has 0 fully saturated rings. The lowest BCUT2D eigenvalue weighted by Gasteiger charge is -2.23. The summed E-state index contributed by atoms with van der Waals surface area (Å²) in [6.07, 6.45) is 2.59. The van der Waals surface area contributed by atoms with E-state index in [0.717, 1.165) is 16.9 Å². The number of aromatic nitrogens is 1. The molecule has 0 aliphatic rings. The monoisotopic (exact) mass is 320 g/mol. The van der Waals surface area contributed by atoms with Gasteiger partial charge in [-0.05, 0) is 17.7 Å². The van der Waals surface area contributed by atoms with Gasteiger partial charge in [-0.2, -0.15) is 0 Å². The van der Waals surface area contributed by atoms with E-state index in [1.165, 1.54) is 0 Å². The number of oxazole rings is 1. The molecule has 3 aromatic rings. The summed E-state index contributed by atoms with van der Waals surface area (Å²) in [6, 6.07) is 19.8. The molecule has 24 heavy (non-hydrogen) atoms. The van der Waals surface area contributed by atoms with Crippen molar-refractivity contribution in [3.63, 3.8) is 0 Å². The highest BCUT2D eigenvalue weighted by Crippen LogP contribution is 2.19.